The van der Waals surface area contributed by atoms with Gasteiger partial charge in [0.25, 0.3) is 0 Å². The van der Waals surface area contributed by atoms with Crippen molar-refractivity contribution in [2.45, 2.75) is 44.9 Å². The van der Waals surface area contributed by atoms with Crippen LogP contribution in [0.4, 0.5) is 10.6 Å². The van der Waals surface area contributed by atoms with Gasteiger partial charge in [0.15, 0.2) is 0 Å². The Morgan fingerprint density at radius 2 is 2.04 bits per heavy atom. The van der Waals surface area contributed by atoms with E-state index in [0.29, 0.717) is 12.2 Å². The molecular weight excluding hydrogens is 292 g/mol. The summed E-state index contributed by atoms with van der Waals surface area (Å²) in [5.41, 5.74) is 1.82. The number of carbonyl (C=O) groups is 1. The molecule has 1 aliphatic carbocycles. The Morgan fingerprint density at radius 1 is 1.30 bits per heavy atom. The fourth-order valence-electron chi connectivity index (χ4n) is 2.97. The molecule has 1 heterocycles. The van der Waals surface area contributed by atoms with Crippen molar-refractivity contribution in [2.75, 3.05) is 5.32 Å². The average molecular weight is 314 g/mol. The molecule has 3 rings (SSSR count). The van der Waals surface area contributed by atoms with Crippen molar-refractivity contribution in [1.82, 2.24) is 15.1 Å². The molecule has 23 heavy (non-hydrogen) atoms. The molecular formula is C17H22N4O2. The van der Waals surface area contributed by atoms with Gasteiger partial charge in [0.2, 0.25) is 0 Å². The Balaban J connectivity index is 1.73. The highest BCUT2D eigenvalue weighted by Crippen LogP contribution is 2.31. The van der Waals surface area contributed by atoms with Gasteiger partial charge in [0, 0.05) is 12.5 Å². The second kappa shape index (κ2) is 5.70. The van der Waals surface area contributed by atoms with E-state index >= 15 is 0 Å². The van der Waals surface area contributed by atoms with Crippen molar-refractivity contribution in [3.05, 3.63) is 47.7 Å². The minimum absolute atomic E-state index is 0.231. The van der Waals surface area contributed by atoms with E-state index in [1.807, 2.05) is 45.0 Å². The molecule has 1 aromatic heterocycles. The maximum Gasteiger partial charge on any atom is 0.320 e. The Bertz CT molecular complexity index is 717. The van der Waals surface area contributed by atoms with Crippen LogP contribution in [0.15, 0.2) is 36.5 Å². The Labute approximate surface area is 135 Å². The number of aromatic nitrogens is 2. The second-order valence-corrected chi connectivity index (χ2v) is 6.85. The average Bonchev–Trinajstić information content (AvgIpc) is 3.04. The van der Waals surface area contributed by atoms with Gasteiger partial charge in [-0.1, -0.05) is 24.3 Å². The van der Waals surface area contributed by atoms with Gasteiger partial charge in [-0.15, -0.1) is 0 Å². The van der Waals surface area contributed by atoms with E-state index in [-0.39, 0.29) is 11.6 Å². The molecule has 1 aliphatic rings. The van der Waals surface area contributed by atoms with Crippen molar-refractivity contribution in [1.29, 1.82) is 0 Å². The highest BCUT2D eigenvalue weighted by atomic mass is 16.3. The molecule has 6 nitrogen and oxygen atoms in total. The van der Waals surface area contributed by atoms with Gasteiger partial charge in [-0.2, -0.15) is 5.10 Å². The third-order valence-corrected chi connectivity index (χ3v) is 4.01. The van der Waals surface area contributed by atoms with Crippen LogP contribution in [0.5, 0.6) is 0 Å². The van der Waals surface area contributed by atoms with Crippen LogP contribution in [-0.2, 0) is 12.0 Å². The van der Waals surface area contributed by atoms with Crippen LogP contribution in [0, 0.1) is 0 Å². The third kappa shape index (κ3) is 3.07. The van der Waals surface area contributed by atoms with Crippen molar-refractivity contribution >= 4 is 11.8 Å². The van der Waals surface area contributed by atoms with Gasteiger partial charge in [-0.3, -0.25) is 5.32 Å². The summed E-state index contributed by atoms with van der Waals surface area (Å²) in [5.74, 6) is 0.621. The largest absolute Gasteiger partial charge is 0.390 e. The number of fused-ring (bicyclic) bond motifs is 1. The van der Waals surface area contributed by atoms with E-state index < -0.39 is 12.1 Å². The molecule has 1 aromatic carbocycles. The normalized spacial score (nSPS) is 20.2. The third-order valence-electron chi connectivity index (χ3n) is 4.01. The number of aliphatic hydroxyl groups is 1. The minimum atomic E-state index is -0.606. The molecule has 0 unspecified atom stereocenters. The molecule has 0 spiro atoms. The number of nitrogens with zero attached hydrogens (tertiary/aromatic N) is 2. The number of nitrogens with one attached hydrogen (secondary N) is 2. The number of benzene rings is 1. The molecule has 2 amide bonds. The van der Waals surface area contributed by atoms with Gasteiger partial charge in [-0.25, -0.2) is 9.48 Å². The van der Waals surface area contributed by atoms with Crippen LogP contribution in [-0.4, -0.2) is 27.0 Å². The van der Waals surface area contributed by atoms with E-state index in [0.717, 1.165) is 11.1 Å². The number of hydrogen-bond acceptors (Lipinski definition) is 3. The Morgan fingerprint density at radius 3 is 2.78 bits per heavy atom. The topological polar surface area (TPSA) is 79.2 Å². The SMILES string of the molecule is CC(C)(C)n1nccc1NC(=O)N[C@H]1c2ccccc2C[C@H]1O. The lowest BCUT2D eigenvalue weighted by atomic mass is 10.1. The molecule has 6 heteroatoms. The molecule has 2 atom stereocenters. The van der Waals surface area contributed by atoms with Crippen LogP contribution in [0.1, 0.15) is 37.9 Å². The monoisotopic (exact) mass is 314 g/mol. The molecule has 0 aliphatic heterocycles. The van der Waals surface area contributed by atoms with E-state index in [1.165, 1.54) is 0 Å². The first-order chi connectivity index (χ1) is 10.9. The molecule has 0 saturated heterocycles. The molecule has 0 radical (unpaired) electrons. The van der Waals surface area contributed by atoms with Crippen molar-refractivity contribution in [3.8, 4) is 0 Å². The summed E-state index contributed by atoms with van der Waals surface area (Å²) in [5, 5.41) is 20.1. The van der Waals surface area contributed by atoms with Crippen LogP contribution in [0.25, 0.3) is 0 Å². The quantitative estimate of drug-likeness (QED) is 0.796. The fraction of sp³-hybridized carbons (Fsp3) is 0.412. The Kier molecular flexibility index (Phi) is 3.85. The van der Waals surface area contributed by atoms with Gasteiger partial charge in [0.1, 0.15) is 5.82 Å². The van der Waals surface area contributed by atoms with E-state index in [1.54, 1.807) is 16.9 Å². The number of hydrogen-bond donors (Lipinski definition) is 3. The summed E-state index contributed by atoms with van der Waals surface area (Å²) in [4.78, 5) is 12.3. The van der Waals surface area contributed by atoms with E-state index in [4.69, 9.17) is 0 Å². The summed E-state index contributed by atoms with van der Waals surface area (Å²) in [7, 11) is 0. The van der Waals surface area contributed by atoms with E-state index in [9.17, 15) is 9.90 Å². The number of anilines is 1. The van der Waals surface area contributed by atoms with Crippen LogP contribution < -0.4 is 10.6 Å². The zero-order valence-corrected chi connectivity index (χ0v) is 13.6. The number of aliphatic hydroxyl groups excluding tert-OH is 1. The molecule has 0 saturated carbocycles. The van der Waals surface area contributed by atoms with Crippen LogP contribution in [0.2, 0.25) is 0 Å². The van der Waals surface area contributed by atoms with Crippen molar-refractivity contribution in [3.63, 3.8) is 0 Å². The summed E-state index contributed by atoms with van der Waals surface area (Å²) >= 11 is 0. The number of urea groups is 1. The van der Waals surface area contributed by atoms with Gasteiger partial charge >= 0.3 is 6.03 Å². The van der Waals surface area contributed by atoms with Gasteiger partial charge in [-0.05, 0) is 31.9 Å². The highest BCUT2D eigenvalue weighted by Gasteiger charge is 2.32. The minimum Gasteiger partial charge on any atom is -0.390 e. The summed E-state index contributed by atoms with van der Waals surface area (Å²) < 4.78 is 1.76. The van der Waals surface area contributed by atoms with Crippen LogP contribution in [0.3, 0.4) is 0 Å². The summed E-state index contributed by atoms with van der Waals surface area (Å²) in [6, 6.07) is 8.79. The van der Waals surface area contributed by atoms with Crippen molar-refractivity contribution in [2.24, 2.45) is 0 Å². The fourth-order valence-corrected chi connectivity index (χ4v) is 2.97. The molecule has 0 fully saturated rings. The zero-order valence-electron chi connectivity index (χ0n) is 13.6. The lowest BCUT2D eigenvalue weighted by Crippen LogP contribution is -2.38. The molecule has 0 bridgehead atoms. The first kappa shape index (κ1) is 15.6. The van der Waals surface area contributed by atoms with Gasteiger partial charge < -0.3 is 10.4 Å². The smallest absolute Gasteiger partial charge is 0.320 e. The first-order valence-corrected chi connectivity index (χ1v) is 7.74. The number of rotatable bonds is 2. The molecule has 3 N–H and O–H groups in total. The standard InChI is InChI=1S/C17H22N4O2/c1-17(2,3)21-14(8-9-18-21)19-16(23)20-15-12-7-5-4-6-11(12)10-13(15)22/h4-9,13,15,22H,10H2,1-3H3,(H2,19,20,23)/t13-,15+/m1/s1. The second-order valence-electron chi connectivity index (χ2n) is 6.85. The van der Waals surface area contributed by atoms with Crippen LogP contribution >= 0.6 is 0 Å². The molecule has 122 valence electrons. The van der Waals surface area contributed by atoms with Crippen molar-refractivity contribution < 1.29 is 9.90 Å². The predicted molar refractivity (Wildman–Crippen MR) is 88.3 cm³/mol. The first-order valence-electron chi connectivity index (χ1n) is 7.74. The Hall–Kier alpha value is -2.34. The van der Waals surface area contributed by atoms with Gasteiger partial charge in [0.05, 0.1) is 23.9 Å². The lowest BCUT2D eigenvalue weighted by molar-refractivity contribution is 0.144. The van der Waals surface area contributed by atoms with E-state index in [2.05, 4.69) is 15.7 Å². The maximum absolute atomic E-state index is 12.3. The summed E-state index contributed by atoms with van der Waals surface area (Å²) in [6.45, 7) is 6.04. The summed E-state index contributed by atoms with van der Waals surface area (Å²) in [6.07, 6.45) is 1.60. The molecule has 2 aromatic rings. The highest BCUT2D eigenvalue weighted by molar-refractivity contribution is 5.88. The lowest BCUT2D eigenvalue weighted by Gasteiger charge is -2.23. The number of carbonyl (C=O) groups excluding carboxylic acids is 1. The zero-order chi connectivity index (χ0) is 16.6. The maximum atomic E-state index is 12.3. The number of amides is 2. The predicted octanol–water partition coefficient (Wildman–Crippen LogP) is 2.42.